The molecule has 0 fully saturated rings. The molecule has 6 nitrogen and oxygen atoms in total. The van der Waals surface area contributed by atoms with Gasteiger partial charge in [-0.05, 0) is 35.9 Å². The molecule has 0 spiro atoms. The molecule has 0 atom stereocenters. The van der Waals surface area contributed by atoms with E-state index in [1.165, 1.54) is 0 Å². The third-order valence-electron chi connectivity index (χ3n) is 5.97. The molecule has 0 aliphatic carbocycles. The maximum atomic E-state index is 13.3. The van der Waals surface area contributed by atoms with Gasteiger partial charge in [0.2, 0.25) is 0 Å². The standard InChI is InChI=1S/C27H19N3O3/c31-24(29-15-17-6-2-1-3-7-17)16-33-18-10-11-23-22(14-18)20-12-13-28-25-19-8-4-5-9-21(19)27(32)30(23)26(20)25/h1-14H,15-16H2,(H,29,31). The van der Waals surface area contributed by atoms with E-state index in [4.69, 9.17) is 4.74 Å². The maximum absolute atomic E-state index is 13.3. The van der Waals surface area contributed by atoms with Crippen molar-refractivity contribution in [2.75, 3.05) is 6.61 Å². The van der Waals surface area contributed by atoms with E-state index in [0.29, 0.717) is 17.7 Å². The zero-order valence-corrected chi connectivity index (χ0v) is 17.6. The molecule has 0 unspecified atom stereocenters. The normalized spacial score (nSPS) is 11.5. The summed E-state index contributed by atoms with van der Waals surface area (Å²) in [5.74, 6) is 0.371. The molecule has 3 heterocycles. The Kier molecular flexibility index (Phi) is 4.43. The van der Waals surface area contributed by atoms with Crippen molar-refractivity contribution in [3.8, 4) is 5.75 Å². The minimum Gasteiger partial charge on any atom is -0.484 e. The Morgan fingerprint density at radius 3 is 2.52 bits per heavy atom. The number of amides is 1. The average Bonchev–Trinajstić information content (AvgIpc) is 3.20. The molecule has 1 N–H and O–H groups in total. The Morgan fingerprint density at radius 1 is 0.879 bits per heavy atom. The Balaban J connectivity index is 1.36. The van der Waals surface area contributed by atoms with E-state index >= 15 is 0 Å². The van der Waals surface area contributed by atoms with Crippen molar-refractivity contribution in [3.05, 3.63) is 101 Å². The molecule has 0 aliphatic rings. The van der Waals surface area contributed by atoms with Crippen LogP contribution >= 0.6 is 0 Å². The topological polar surface area (TPSA) is 72.7 Å². The van der Waals surface area contributed by atoms with E-state index in [1.54, 1.807) is 16.7 Å². The molecule has 1 amide bonds. The Bertz CT molecular complexity index is 1710. The average molecular weight is 433 g/mol. The highest BCUT2D eigenvalue weighted by Crippen LogP contribution is 2.34. The summed E-state index contributed by atoms with van der Waals surface area (Å²) >= 11 is 0. The Labute approximate surface area is 188 Å². The second-order valence-electron chi connectivity index (χ2n) is 7.97. The number of hydrogen-bond donors (Lipinski definition) is 1. The highest BCUT2D eigenvalue weighted by atomic mass is 16.5. The van der Waals surface area contributed by atoms with E-state index in [-0.39, 0.29) is 18.1 Å². The lowest BCUT2D eigenvalue weighted by molar-refractivity contribution is -0.123. The van der Waals surface area contributed by atoms with Gasteiger partial charge in [-0.2, -0.15) is 0 Å². The molecule has 6 rings (SSSR count). The highest BCUT2D eigenvalue weighted by Gasteiger charge is 2.18. The smallest absolute Gasteiger partial charge is 0.263 e. The van der Waals surface area contributed by atoms with Gasteiger partial charge in [0, 0.05) is 34.3 Å². The zero-order valence-electron chi connectivity index (χ0n) is 17.6. The molecule has 0 bridgehead atoms. The molecule has 0 radical (unpaired) electrons. The van der Waals surface area contributed by atoms with E-state index in [0.717, 1.165) is 38.3 Å². The number of nitrogens with one attached hydrogen (secondary N) is 1. The van der Waals surface area contributed by atoms with Crippen LogP contribution in [0.5, 0.6) is 5.75 Å². The lowest BCUT2D eigenvalue weighted by Gasteiger charge is -2.08. The third kappa shape index (κ3) is 3.15. The summed E-state index contributed by atoms with van der Waals surface area (Å²) in [5.41, 5.74) is 3.34. The van der Waals surface area contributed by atoms with Gasteiger partial charge < -0.3 is 10.1 Å². The van der Waals surface area contributed by atoms with Gasteiger partial charge in [0.15, 0.2) is 6.61 Å². The Hall–Kier alpha value is -4.45. The van der Waals surface area contributed by atoms with E-state index < -0.39 is 0 Å². The summed E-state index contributed by atoms with van der Waals surface area (Å²) in [7, 11) is 0. The highest BCUT2D eigenvalue weighted by molar-refractivity contribution is 6.18. The number of nitrogens with zero attached hydrogens (tertiary/aromatic N) is 2. The molecule has 3 aromatic heterocycles. The van der Waals surface area contributed by atoms with Crippen molar-refractivity contribution in [1.82, 2.24) is 14.7 Å². The fourth-order valence-corrected chi connectivity index (χ4v) is 4.43. The molecule has 160 valence electrons. The summed E-state index contributed by atoms with van der Waals surface area (Å²) in [6, 6.07) is 24.7. The fourth-order valence-electron chi connectivity index (χ4n) is 4.43. The number of fused-ring (bicyclic) bond motifs is 5. The van der Waals surface area contributed by atoms with Crippen LogP contribution in [0.3, 0.4) is 0 Å². The van der Waals surface area contributed by atoms with Crippen molar-refractivity contribution >= 4 is 44.0 Å². The van der Waals surface area contributed by atoms with Gasteiger partial charge in [-0.1, -0.05) is 48.5 Å². The summed E-state index contributed by atoms with van der Waals surface area (Å²) in [6.07, 6.45) is 1.76. The monoisotopic (exact) mass is 433 g/mol. The number of ether oxygens (including phenoxy) is 1. The van der Waals surface area contributed by atoms with Crippen molar-refractivity contribution in [1.29, 1.82) is 0 Å². The fraction of sp³-hybridized carbons (Fsp3) is 0.0741. The van der Waals surface area contributed by atoms with Gasteiger partial charge in [-0.25, -0.2) is 0 Å². The minimum absolute atomic E-state index is 0.0694. The van der Waals surface area contributed by atoms with Gasteiger partial charge >= 0.3 is 0 Å². The number of carbonyl (C=O) groups is 1. The number of hydrogen-bond acceptors (Lipinski definition) is 4. The van der Waals surface area contributed by atoms with Crippen LogP contribution in [0.15, 0.2) is 89.9 Å². The van der Waals surface area contributed by atoms with Gasteiger partial charge in [-0.15, -0.1) is 0 Å². The molecular formula is C27H19N3O3. The summed E-state index contributed by atoms with van der Waals surface area (Å²) in [4.78, 5) is 30.1. The number of aromatic nitrogens is 2. The van der Waals surface area contributed by atoms with E-state index in [1.807, 2.05) is 72.8 Å². The second kappa shape index (κ2) is 7.60. The summed E-state index contributed by atoms with van der Waals surface area (Å²) in [5, 5.41) is 6.15. The first-order valence-corrected chi connectivity index (χ1v) is 10.7. The first-order valence-electron chi connectivity index (χ1n) is 10.7. The number of pyridine rings is 2. The first-order chi connectivity index (χ1) is 16.2. The van der Waals surface area contributed by atoms with Crippen LogP contribution in [0.2, 0.25) is 0 Å². The Morgan fingerprint density at radius 2 is 1.67 bits per heavy atom. The maximum Gasteiger partial charge on any atom is 0.263 e. The van der Waals surface area contributed by atoms with E-state index in [9.17, 15) is 9.59 Å². The second-order valence-corrected chi connectivity index (χ2v) is 7.97. The molecule has 0 aliphatic heterocycles. The molecule has 6 heteroatoms. The van der Waals surface area contributed by atoms with Crippen LogP contribution in [0, 0.1) is 0 Å². The quantitative estimate of drug-likeness (QED) is 0.412. The van der Waals surface area contributed by atoms with Crippen molar-refractivity contribution in [3.63, 3.8) is 0 Å². The van der Waals surface area contributed by atoms with Crippen LogP contribution in [-0.4, -0.2) is 21.9 Å². The molecule has 0 saturated carbocycles. The predicted octanol–water partition coefficient (Wildman–Crippen LogP) is 4.29. The van der Waals surface area contributed by atoms with Gasteiger partial charge in [0.25, 0.3) is 11.5 Å². The summed E-state index contributed by atoms with van der Waals surface area (Å²) in [6.45, 7) is 0.363. The molecule has 3 aromatic carbocycles. The number of benzene rings is 3. The molecular weight excluding hydrogens is 414 g/mol. The van der Waals surface area contributed by atoms with Crippen LogP contribution in [0.4, 0.5) is 0 Å². The lowest BCUT2D eigenvalue weighted by Crippen LogP contribution is -2.28. The van der Waals surface area contributed by atoms with Crippen LogP contribution in [0.1, 0.15) is 5.56 Å². The zero-order chi connectivity index (χ0) is 22.4. The number of rotatable bonds is 5. The van der Waals surface area contributed by atoms with Crippen LogP contribution in [0.25, 0.3) is 38.1 Å². The van der Waals surface area contributed by atoms with E-state index in [2.05, 4.69) is 10.3 Å². The third-order valence-corrected chi connectivity index (χ3v) is 5.97. The van der Waals surface area contributed by atoms with Crippen molar-refractivity contribution < 1.29 is 9.53 Å². The molecule has 0 saturated heterocycles. The summed E-state index contributed by atoms with van der Waals surface area (Å²) < 4.78 is 7.50. The van der Waals surface area contributed by atoms with Gasteiger partial charge in [-0.3, -0.25) is 19.0 Å². The van der Waals surface area contributed by atoms with Gasteiger partial charge in [0.1, 0.15) is 5.75 Å². The van der Waals surface area contributed by atoms with Gasteiger partial charge in [0.05, 0.1) is 16.6 Å². The molecule has 33 heavy (non-hydrogen) atoms. The molecule has 6 aromatic rings. The first kappa shape index (κ1) is 19.3. The SMILES string of the molecule is O=C(COc1ccc2c(c1)c1ccnc3c4ccccc4c(=O)n2c13)NCc1ccccc1. The van der Waals surface area contributed by atoms with Crippen molar-refractivity contribution in [2.45, 2.75) is 6.54 Å². The van der Waals surface area contributed by atoms with Crippen LogP contribution < -0.4 is 15.6 Å². The number of carbonyl (C=O) groups excluding carboxylic acids is 1. The van der Waals surface area contributed by atoms with Crippen LogP contribution in [-0.2, 0) is 11.3 Å². The predicted molar refractivity (Wildman–Crippen MR) is 129 cm³/mol. The minimum atomic E-state index is -0.198. The largest absolute Gasteiger partial charge is 0.484 e. The lowest BCUT2D eigenvalue weighted by atomic mass is 10.1. The van der Waals surface area contributed by atoms with Crippen molar-refractivity contribution in [2.24, 2.45) is 0 Å².